The van der Waals surface area contributed by atoms with Gasteiger partial charge < -0.3 is 10.2 Å². The van der Waals surface area contributed by atoms with Gasteiger partial charge in [0.05, 0.1) is 10.8 Å². The van der Waals surface area contributed by atoms with Crippen LogP contribution in [0, 0.1) is 21.8 Å². The molecule has 8 heteroatoms. The third-order valence-electron chi connectivity index (χ3n) is 4.56. The van der Waals surface area contributed by atoms with Crippen LogP contribution in [0.2, 0.25) is 0 Å². The van der Waals surface area contributed by atoms with Crippen LogP contribution < -0.4 is 10.2 Å². The maximum atomic E-state index is 13.4. The Balaban J connectivity index is 1.70. The average molecular weight is 371 g/mol. The van der Waals surface area contributed by atoms with Gasteiger partial charge in [-0.3, -0.25) is 19.7 Å². The zero-order valence-electron chi connectivity index (χ0n) is 14.6. The van der Waals surface area contributed by atoms with Crippen molar-refractivity contribution in [2.75, 3.05) is 16.8 Å². The number of halogens is 1. The molecule has 2 aromatic carbocycles. The predicted molar refractivity (Wildman–Crippen MR) is 98.0 cm³/mol. The first kappa shape index (κ1) is 18.5. The topological polar surface area (TPSA) is 92.6 Å². The van der Waals surface area contributed by atoms with Crippen LogP contribution >= 0.6 is 0 Å². The monoisotopic (exact) mass is 371 g/mol. The number of carbonyl (C=O) groups is 2. The summed E-state index contributed by atoms with van der Waals surface area (Å²) < 4.78 is 13.4. The Morgan fingerprint density at radius 2 is 2.00 bits per heavy atom. The zero-order valence-corrected chi connectivity index (χ0v) is 14.6. The van der Waals surface area contributed by atoms with Gasteiger partial charge in [-0.05, 0) is 36.2 Å². The van der Waals surface area contributed by atoms with Crippen LogP contribution in [0.5, 0.6) is 0 Å². The van der Waals surface area contributed by atoms with Crippen LogP contribution in [0.25, 0.3) is 0 Å². The average Bonchev–Trinajstić information content (AvgIpc) is 3.05. The maximum Gasteiger partial charge on any atom is 0.306 e. The van der Waals surface area contributed by atoms with E-state index in [1.807, 2.05) is 31.2 Å². The summed E-state index contributed by atoms with van der Waals surface area (Å²) in [5.41, 5.74) is 1.28. The summed E-state index contributed by atoms with van der Waals surface area (Å²) in [7, 11) is 0. The molecule has 1 aliphatic rings. The van der Waals surface area contributed by atoms with E-state index in [1.165, 1.54) is 6.07 Å². The van der Waals surface area contributed by atoms with Crippen molar-refractivity contribution in [1.29, 1.82) is 0 Å². The molecule has 0 aliphatic carbocycles. The molecular weight excluding hydrogens is 353 g/mol. The Morgan fingerprint density at radius 3 is 2.63 bits per heavy atom. The standard InChI is InChI=1S/C19H18FN3O4/c1-2-12-3-6-15(7-4-12)22-11-13(9-18(22)24)19(25)21-14-5-8-16(20)17(10-14)23(26)27/h3-8,10,13H,2,9,11H2,1H3,(H,21,25)/t13-/m0/s1. The minimum atomic E-state index is -0.976. The summed E-state index contributed by atoms with van der Waals surface area (Å²) in [6.07, 6.45) is 0.938. The van der Waals surface area contributed by atoms with Crippen molar-refractivity contribution in [2.24, 2.45) is 5.92 Å². The first-order valence-corrected chi connectivity index (χ1v) is 8.53. The van der Waals surface area contributed by atoms with Crippen LogP contribution in [-0.2, 0) is 16.0 Å². The van der Waals surface area contributed by atoms with Crippen LogP contribution in [0.3, 0.4) is 0 Å². The van der Waals surface area contributed by atoms with Gasteiger partial charge in [-0.15, -0.1) is 0 Å². The van der Waals surface area contributed by atoms with Gasteiger partial charge in [0.2, 0.25) is 17.6 Å². The second-order valence-corrected chi connectivity index (χ2v) is 6.34. The summed E-state index contributed by atoms with van der Waals surface area (Å²) in [6, 6.07) is 10.7. The van der Waals surface area contributed by atoms with E-state index in [0.717, 1.165) is 29.8 Å². The van der Waals surface area contributed by atoms with Crippen molar-refractivity contribution in [2.45, 2.75) is 19.8 Å². The lowest BCUT2D eigenvalue weighted by Gasteiger charge is -2.17. The number of nitrogens with one attached hydrogen (secondary N) is 1. The minimum absolute atomic E-state index is 0.0463. The molecule has 1 heterocycles. The summed E-state index contributed by atoms with van der Waals surface area (Å²) in [5.74, 6) is -2.16. The summed E-state index contributed by atoms with van der Waals surface area (Å²) >= 11 is 0. The van der Waals surface area contributed by atoms with Crippen molar-refractivity contribution in [3.8, 4) is 0 Å². The fourth-order valence-electron chi connectivity index (χ4n) is 3.02. The number of hydrogen-bond acceptors (Lipinski definition) is 4. The fraction of sp³-hybridized carbons (Fsp3) is 0.263. The molecule has 0 aromatic heterocycles. The zero-order chi connectivity index (χ0) is 19.6. The number of nitrogens with zero attached hydrogens (tertiary/aromatic N) is 2. The maximum absolute atomic E-state index is 13.4. The van der Waals surface area contributed by atoms with Gasteiger partial charge in [0.1, 0.15) is 0 Å². The molecule has 2 aromatic rings. The highest BCUT2D eigenvalue weighted by Crippen LogP contribution is 2.27. The van der Waals surface area contributed by atoms with Crippen LogP contribution in [0.4, 0.5) is 21.5 Å². The van der Waals surface area contributed by atoms with Gasteiger partial charge in [0.15, 0.2) is 0 Å². The van der Waals surface area contributed by atoms with Crippen molar-refractivity contribution >= 4 is 28.9 Å². The van der Waals surface area contributed by atoms with Crippen LogP contribution in [0.15, 0.2) is 42.5 Å². The molecule has 1 atom stereocenters. The Bertz CT molecular complexity index is 898. The van der Waals surface area contributed by atoms with Gasteiger partial charge in [-0.25, -0.2) is 0 Å². The molecule has 1 N–H and O–H groups in total. The second-order valence-electron chi connectivity index (χ2n) is 6.34. The number of nitro benzene ring substituents is 1. The van der Waals surface area contributed by atoms with E-state index in [-0.39, 0.29) is 24.6 Å². The minimum Gasteiger partial charge on any atom is -0.326 e. The molecule has 1 fully saturated rings. The smallest absolute Gasteiger partial charge is 0.306 e. The van der Waals surface area contributed by atoms with Crippen molar-refractivity contribution in [3.63, 3.8) is 0 Å². The summed E-state index contributed by atoms with van der Waals surface area (Å²) in [5, 5.41) is 13.3. The number of anilines is 2. The molecule has 3 rings (SSSR count). The third-order valence-corrected chi connectivity index (χ3v) is 4.56. The van der Waals surface area contributed by atoms with Gasteiger partial charge in [0.25, 0.3) is 0 Å². The number of aryl methyl sites for hydroxylation is 1. The molecule has 0 spiro atoms. The quantitative estimate of drug-likeness (QED) is 0.645. The van der Waals surface area contributed by atoms with E-state index in [1.54, 1.807) is 4.90 Å². The first-order chi connectivity index (χ1) is 12.9. The number of nitro groups is 1. The molecule has 1 aliphatic heterocycles. The Kier molecular flexibility index (Phi) is 5.16. The SMILES string of the molecule is CCc1ccc(N2C[C@@H](C(=O)Nc3ccc(F)c([N+](=O)[O-])c3)CC2=O)cc1. The van der Waals surface area contributed by atoms with Gasteiger partial charge in [-0.1, -0.05) is 19.1 Å². The third kappa shape index (κ3) is 3.94. The Labute approximate surface area is 154 Å². The number of hydrogen-bond donors (Lipinski definition) is 1. The first-order valence-electron chi connectivity index (χ1n) is 8.53. The van der Waals surface area contributed by atoms with Crippen molar-refractivity contribution in [3.05, 3.63) is 64.0 Å². The number of carbonyl (C=O) groups excluding carboxylic acids is 2. The molecule has 27 heavy (non-hydrogen) atoms. The molecule has 2 amide bonds. The number of amides is 2. The number of rotatable bonds is 5. The molecule has 7 nitrogen and oxygen atoms in total. The van der Waals surface area contributed by atoms with E-state index in [0.29, 0.717) is 0 Å². The van der Waals surface area contributed by atoms with E-state index < -0.39 is 28.3 Å². The van der Waals surface area contributed by atoms with E-state index >= 15 is 0 Å². The second kappa shape index (κ2) is 7.53. The molecule has 0 bridgehead atoms. The molecule has 0 radical (unpaired) electrons. The number of benzene rings is 2. The molecular formula is C19H18FN3O4. The van der Waals surface area contributed by atoms with Crippen molar-refractivity contribution < 1.29 is 18.9 Å². The van der Waals surface area contributed by atoms with Gasteiger partial charge in [0, 0.05) is 30.4 Å². The van der Waals surface area contributed by atoms with Gasteiger partial charge in [-0.2, -0.15) is 4.39 Å². The highest BCUT2D eigenvalue weighted by molar-refractivity contribution is 6.03. The van der Waals surface area contributed by atoms with Crippen molar-refractivity contribution in [1.82, 2.24) is 0 Å². The largest absolute Gasteiger partial charge is 0.326 e. The Morgan fingerprint density at radius 1 is 1.30 bits per heavy atom. The van der Waals surface area contributed by atoms with E-state index in [2.05, 4.69) is 5.32 Å². The lowest BCUT2D eigenvalue weighted by Crippen LogP contribution is -2.28. The Hall–Kier alpha value is -3.29. The highest BCUT2D eigenvalue weighted by atomic mass is 19.1. The van der Waals surface area contributed by atoms with Crippen LogP contribution in [0.1, 0.15) is 18.9 Å². The van der Waals surface area contributed by atoms with E-state index in [4.69, 9.17) is 0 Å². The molecule has 1 saturated heterocycles. The van der Waals surface area contributed by atoms with Gasteiger partial charge >= 0.3 is 5.69 Å². The highest BCUT2D eigenvalue weighted by Gasteiger charge is 2.35. The predicted octanol–water partition coefficient (Wildman–Crippen LogP) is 3.29. The summed E-state index contributed by atoms with van der Waals surface area (Å²) in [4.78, 5) is 36.2. The van der Waals surface area contributed by atoms with E-state index in [9.17, 15) is 24.1 Å². The summed E-state index contributed by atoms with van der Waals surface area (Å²) in [6.45, 7) is 2.26. The lowest BCUT2D eigenvalue weighted by atomic mass is 10.1. The molecule has 140 valence electrons. The lowest BCUT2D eigenvalue weighted by molar-refractivity contribution is -0.387. The molecule has 0 saturated carbocycles. The normalized spacial score (nSPS) is 16.4. The van der Waals surface area contributed by atoms with Crippen LogP contribution in [-0.4, -0.2) is 23.3 Å². The molecule has 0 unspecified atom stereocenters. The fourth-order valence-corrected chi connectivity index (χ4v) is 3.02.